The Hall–Kier alpha value is -1.94. The van der Waals surface area contributed by atoms with Gasteiger partial charge in [-0.1, -0.05) is 30.3 Å². The van der Waals surface area contributed by atoms with Gasteiger partial charge in [0.2, 0.25) is 5.91 Å². The zero-order valence-electron chi connectivity index (χ0n) is 8.93. The van der Waals surface area contributed by atoms with Gasteiger partial charge in [-0.3, -0.25) is 4.79 Å². The Morgan fingerprint density at radius 1 is 1.18 bits per heavy atom. The summed E-state index contributed by atoms with van der Waals surface area (Å²) in [6.45, 7) is 0. The van der Waals surface area contributed by atoms with E-state index in [9.17, 15) is 4.79 Å². The van der Waals surface area contributed by atoms with Crippen molar-refractivity contribution >= 4 is 23.2 Å². The highest BCUT2D eigenvalue weighted by Crippen LogP contribution is 2.14. The van der Waals surface area contributed by atoms with Crippen LogP contribution in [0.5, 0.6) is 0 Å². The Labute approximate surface area is 104 Å². The quantitative estimate of drug-likeness (QED) is 0.847. The lowest BCUT2D eigenvalue weighted by atomic mass is 10.2. The standard InChI is InChI=1S/C12H10ClN3O/c13-6-11(17)16-10-7-14-12(15-8-10)9-4-2-1-3-5-9/h1-5,7-8H,6H2,(H,16,17). The van der Waals surface area contributed by atoms with Gasteiger partial charge in [-0.25, -0.2) is 9.97 Å². The van der Waals surface area contributed by atoms with Gasteiger partial charge >= 0.3 is 0 Å². The van der Waals surface area contributed by atoms with Crippen LogP contribution in [0.3, 0.4) is 0 Å². The van der Waals surface area contributed by atoms with Crippen LogP contribution in [0.25, 0.3) is 11.4 Å². The van der Waals surface area contributed by atoms with Crippen molar-refractivity contribution in [3.8, 4) is 11.4 Å². The zero-order valence-corrected chi connectivity index (χ0v) is 9.69. The number of rotatable bonds is 3. The number of nitrogens with zero attached hydrogens (tertiary/aromatic N) is 2. The van der Waals surface area contributed by atoms with E-state index < -0.39 is 0 Å². The van der Waals surface area contributed by atoms with Crippen molar-refractivity contribution < 1.29 is 4.79 Å². The predicted octanol–water partition coefficient (Wildman–Crippen LogP) is 2.32. The van der Waals surface area contributed by atoms with E-state index in [1.165, 1.54) is 0 Å². The highest BCUT2D eigenvalue weighted by atomic mass is 35.5. The second-order valence-corrected chi connectivity index (χ2v) is 3.61. The Bertz CT molecular complexity index is 499. The Morgan fingerprint density at radius 3 is 2.41 bits per heavy atom. The number of alkyl halides is 1. The van der Waals surface area contributed by atoms with Crippen molar-refractivity contribution in [2.75, 3.05) is 11.2 Å². The maximum Gasteiger partial charge on any atom is 0.239 e. The number of benzene rings is 1. The minimum Gasteiger partial charge on any atom is -0.322 e. The molecule has 5 heteroatoms. The van der Waals surface area contributed by atoms with Crippen LogP contribution in [0.2, 0.25) is 0 Å². The monoisotopic (exact) mass is 247 g/mol. The fourth-order valence-corrected chi connectivity index (χ4v) is 1.39. The lowest BCUT2D eigenvalue weighted by Crippen LogP contribution is -2.12. The smallest absolute Gasteiger partial charge is 0.239 e. The molecule has 0 saturated carbocycles. The first-order chi connectivity index (χ1) is 8.29. The molecule has 0 fully saturated rings. The number of aromatic nitrogens is 2. The molecule has 1 N–H and O–H groups in total. The second kappa shape index (κ2) is 5.41. The van der Waals surface area contributed by atoms with E-state index in [0.29, 0.717) is 11.5 Å². The van der Waals surface area contributed by atoms with Gasteiger partial charge in [0.15, 0.2) is 5.82 Å². The van der Waals surface area contributed by atoms with E-state index in [-0.39, 0.29) is 11.8 Å². The molecular formula is C12H10ClN3O. The van der Waals surface area contributed by atoms with Crippen LogP contribution >= 0.6 is 11.6 Å². The lowest BCUT2D eigenvalue weighted by Gasteiger charge is -2.03. The van der Waals surface area contributed by atoms with Crippen molar-refractivity contribution in [2.45, 2.75) is 0 Å². The van der Waals surface area contributed by atoms with E-state index in [1.54, 1.807) is 12.4 Å². The van der Waals surface area contributed by atoms with Crippen molar-refractivity contribution in [3.05, 3.63) is 42.7 Å². The summed E-state index contributed by atoms with van der Waals surface area (Å²) in [5.41, 5.74) is 1.47. The third-order valence-corrected chi connectivity index (χ3v) is 2.33. The minimum absolute atomic E-state index is 0.0829. The summed E-state index contributed by atoms with van der Waals surface area (Å²) in [5.74, 6) is 0.262. The molecule has 0 aliphatic heterocycles. The molecular weight excluding hydrogens is 238 g/mol. The lowest BCUT2D eigenvalue weighted by molar-refractivity contribution is -0.113. The molecule has 0 unspecified atom stereocenters. The minimum atomic E-state index is -0.275. The fourth-order valence-electron chi connectivity index (χ4n) is 1.32. The average molecular weight is 248 g/mol. The molecule has 4 nitrogen and oxygen atoms in total. The SMILES string of the molecule is O=C(CCl)Nc1cnc(-c2ccccc2)nc1. The van der Waals surface area contributed by atoms with Gasteiger partial charge < -0.3 is 5.32 Å². The zero-order chi connectivity index (χ0) is 12.1. The molecule has 86 valence electrons. The number of hydrogen-bond acceptors (Lipinski definition) is 3. The van der Waals surface area contributed by atoms with Crippen LogP contribution in [0.1, 0.15) is 0 Å². The largest absolute Gasteiger partial charge is 0.322 e. The first-order valence-electron chi connectivity index (χ1n) is 5.03. The van der Waals surface area contributed by atoms with Crippen LogP contribution < -0.4 is 5.32 Å². The van der Waals surface area contributed by atoms with E-state index >= 15 is 0 Å². The van der Waals surface area contributed by atoms with Crippen molar-refractivity contribution in [1.82, 2.24) is 9.97 Å². The predicted molar refractivity (Wildman–Crippen MR) is 66.8 cm³/mol. The van der Waals surface area contributed by atoms with E-state index in [0.717, 1.165) is 5.56 Å². The maximum absolute atomic E-state index is 11.0. The fraction of sp³-hybridized carbons (Fsp3) is 0.0833. The molecule has 0 radical (unpaired) electrons. The van der Waals surface area contributed by atoms with Gasteiger partial charge in [0.25, 0.3) is 0 Å². The van der Waals surface area contributed by atoms with Crippen molar-refractivity contribution in [3.63, 3.8) is 0 Å². The number of halogens is 1. The van der Waals surface area contributed by atoms with Gasteiger partial charge in [0, 0.05) is 5.56 Å². The summed E-state index contributed by atoms with van der Waals surface area (Å²) in [4.78, 5) is 19.4. The first-order valence-corrected chi connectivity index (χ1v) is 5.56. The molecule has 0 aliphatic rings. The Balaban J connectivity index is 2.16. The van der Waals surface area contributed by atoms with Crippen LogP contribution in [-0.2, 0) is 4.79 Å². The average Bonchev–Trinajstić information content (AvgIpc) is 2.40. The molecule has 1 aromatic carbocycles. The summed E-state index contributed by atoms with van der Waals surface area (Å²) < 4.78 is 0. The summed E-state index contributed by atoms with van der Waals surface area (Å²) in [7, 11) is 0. The molecule has 0 spiro atoms. The molecule has 1 heterocycles. The maximum atomic E-state index is 11.0. The first kappa shape index (κ1) is 11.5. The number of anilines is 1. The summed E-state index contributed by atoms with van der Waals surface area (Å²) in [6.07, 6.45) is 3.11. The molecule has 2 aromatic rings. The van der Waals surface area contributed by atoms with Crippen LogP contribution in [0.4, 0.5) is 5.69 Å². The summed E-state index contributed by atoms with van der Waals surface area (Å²) in [6, 6.07) is 9.61. The van der Waals surface area contributed by atoms with Gasteiger partial charge in [-0.05, 0) is 0 Å². The van der Waals surface area contributed by atoms with Gasteiger partial charge in [-0.15, -0.1) is 11.6 Å². The molecule has 17 heavy (non-hydrogen) atoms. The normalized spacial score (nSPS) is 9.94. The second-order valence-electron chi connectivity index (χ2n) is 3.34. The third kappa shape index (κ3) is 3.01. The van der Waals surface area contributed by atoms with Crippen LogP contribution in [0, 0.1) is 0 Å². The highest BCUT2D eigenvalue weighted by molar-refractivity contribution is 6.29. The molecule has 0 atom stereocenters. The highest BCUT2D eigenvalue weighted by Gasteiger charge is 2.03. The van der Waals surface area contributed by atoms with E-state index in [4.69, 9.17) is 11.6 Å². The number of carbonyl (C=O) groups excluding carboxylic acids is 1. The van der Waals surface area contributed by atoms with Gasteiger partial charge in [0.05, 0.1) is 18.1 Å². The molecule has 0 aliphatic carbocycles. The van der Waals surface area contributed by atoms with Gasteiger partial charge in [0.1, 0.15) is 5.88 Å². The van der Waals surface area contributed by atoms with Crippen LogP contribution in [0.15, 0.2) is 42.7 Å². The van der Waals surface area contributed by atoms with Crippen LogP contribution in [-0.4, -0.2) is 21.8 Å². The Kier molecular flexibility index (Phi) is 3.67. The van der Waals surface area contributed by atoms with E-state index in [1.807, 2.05) is 30.3 Å². The molecule has 2 rings (SSSR count). The molecule has 0 saturated heterocycles. The number of nitrogens with one attached hydrogen (secondary N) is 1. The molecule has 1 aromatic heterocycles. The number of amides is 1. The Morgan fingerprint density at radius 2 is 1.82 bits per heavy atom. The topological polar surface area (TPSA) is 54.9 Å². The molecule has 1 amide bonds. The van der Waals surface area contributed by atoms with E-state index in [2.05, 4.69) is 15.3 Å². The number of carbonyl (C=O) groups is 1. The van der Waals surface area contributed by atoms with Crippen molar-refractivity contribution in [2.24, 2.45) is 0 Å². The molecule has 0 bridgehead atoms. The summed E-state index contributed by atoms with van der Waals surface area (Å²) >= 11 is 5.38. The third-order valence-electron chi connectivity index (χ3n) is 2.09. The number of hydrogen-bond donors (Lipinski definition) is 1. The van der Waals surface area contributed by atoms with Gasteiger partial charge in [-0.2, -0.15) is 0 Å². The summed E-state index contributed by atoms with van der Waals surface area (Å²) in [5, 5.41) is 2.57. The van der Waals surface area contributed by atoms with Crippen molar-refractivity contribution in [1.29, 1.82) is 0 Å².